The molecule has 3 aliphatic heterocycles. The van der Waals surface area contributed by atoms with Crippen molar-refractivity contribution in [1.29, 1.82) is 0 Å². The molecule has 7 rings (SSSR count). The number of rotatable bonds is 5. The third kappa shape index (κ3) is 10.4. The van der Waals surface area contributed by atoms with Gasteiger partial charge in [0.25, 0.3) is 0 Å². The molecule has 1 aromatic heterocycles. The first-order valence-electron chi connectivity index (χ1n) is 19.5. The lowest BCUT2D eigenvalue weighted by molar-refractivity contribution is -0.131. The predicted octanol–water partition coefficient (Wildman–Crippen LogP) is 9.00. The number of aryl methyl sites for hydroxylation is 1. The van der Waals surface area contributed by atoms with Crippen molar-refractivity contribution < 1.29 is 47.3 Å². The van der Waals surface area contributed by atoms with Crippen LogP contribution in [-0.4, -0.2) is 78.2 Å². The Kier molecular flexibility index (Phi) is 12.4. The number of nitrogens with zero attached hydrogens (tertiary/aromatic N) is 3. The van der Waals surface area contributed by atoms with Crippen molar-refractivity contribution in [1.82, 2.24) is 9.88 Å². The molecule has 14 nitrogen and oxygen atoms in total. The van der Waals surface area contributed by atoms with Crippen LogP contribution in [0.4, 0.5) is 36.0 Å². The fraction of sp³-hybridized carbons (Fsp3) is 0.432. The van der Waals surface area contributed by atoms with Gasteiger partial charge in [-0.15, -0.1) is 0 Å². The highest BCUT2D eigenvalue weighted by atomic mass is 19.1. The van der Waals surface area contributed by atoms with E-state index in [0.717, 1.165) is 22.1 Å². The molecule has 0 aliphatic carbocycles. The van der Waals surface area contributed by atoms with Gasteiger partial charge in [-0.1, -0.05) is 25.1 Å². The molecule has 59 heavy (non-hydrogen) atoms. The molecule has 0 saturated carbocycles. The van der Waals surface area contributed by atoms with Crippen molar-refractivity contribution in [3.63, 3.8) is 0 Å². The highest BCUT2D eigenvalue weighted by molar-refractivity contribution is 6.14. The van der Waals surface area contributed by atoms with Crippen molar-refractivity contribution in [3.8, 4) is 5.75 Å². The molecule has 4 bridgehead atoms. The zero-order valence-electron chi connectivity index (χ0n) is 34.9. The van der Waals surface area contributed by atoms with E-state index in [9.17, 15) is 19.2 Å². The zero-order valence-corrected chi connectivity index (χ0v) is 34.9. The smallest absolute Gasteiger partial charge is 0.425 e. The van der Waals surface area contributed by atoms with E-state index in [2.05, 4.69) is 15.6 Å². The van der Waals surface area contributed by atoms with Gasteiger partial charge < -0.3 is 33.9 Å². The van der Waals surface area contributed by atoms with Gasteiger partial charge in [0.2, 0.25) is 5.91 Å². The summed E-state index contributed by atoms with van der Waals surface area (Å²) in [6.07, 6.45) is -0.988. The zero-order chi connectivity index (χ0) is 42.8. The second kappa shape index (κ2) is 17.1. The van der Waals surface area contributed by atoms with E-state index in [1.807, 2.05) is 32.0 Å². The first-order chi connectivity index (χ1) is 27.8. The lowest BCUT2D eigenvalue weighted by Gasteiger charge is -2.29. The van der Waals surface area contributed by atoms with Gasteiger partial charge >= 0.3 is 18.3 Å². The van der Waals surface area contributed by atoms with E-state index in [-0.39, 0.29) is 48.3 Å². The third-order valence-electron chi connectivity index (χ3n) is 9.61. The molecule has 1 saturated heterocycles. The predicted molar refractivity (Wildman–Crippen MR) is 220 cm³/mol. The first kappa shape index (κ1) is 42.6. The Morgan fingerprint density at radius 1 is 0.966 bits per heavy atom. The number of imide groups is 1. The SMILES string of the molecule is Cc1cc2ccc1[C@@H](C)COC(=O)Nc1cc(F)c(O[C@H]3CCOC3)c(c1)CN(C)C(=O)C2Nc1ccc2c(N(C(=O)OC(C)(C)C)C(=O)OC(C)(C)C)nccc2c1. The number of halogens is 1. The molecule has 3 aliphatic rings. The van der Waals surface area contributed by atoms with Gasteiger partial charge in [-0.05, 0) is 101 Å². The molecule has 314 valence electrons. The van der Waals surface area contributed by atoms with Gasteiger partial charge in [-0.2, -0.15) is 4.90 Å². The maximum Gasteiger partial charge on any atom is 0.425 e. The van der Waals surface area contributed by atoms with Crippen LogP contribution in [0.1, 0.15) is 89.1 Å². The number of ether oxygens (including phenoxy) is 5. The number of fused-ring (bicyclic) bond motifs is 10. The van der Waals surface area contributed by atoms with Gasteiger partial charge in [0.1, 0.15) is 23.3 Å². The second-order valence-corrected chi connectivity index (χ2v) is 16.9. The number of aromatic nitrogens is 1. The third-order valence-corrected chi connectivity index (χ3v) is 9.61. The van der Waals surface area contributed by atoms with Gasteiger partial charge in [0, 0.05) is 60.5 Å². The molecular formula is C44H52FN5O9. The van der Waals surface area contributed by atoms with E-state index < -0.39 is 41.3 Å². The van der Waals surface area contributed by atoms with Gasteiger partial charge in [-0.3, -0.25) is 10.1 Å². The fourth-order valence-electron chi connectivity index (χ4n) is 6.92. The molecule has 4 heterocycles. The van der Waals surface area contributed by atoms with E-state index >= 15 is 4.39 Å². The van der Waals surface area contributed by atoms with Crippen LogP contribution < -0.4 is 20.3 Å². The summed E-state index contributed by atoms with van der Waals surface area (Å²) in [4.78, 5) is 61.2. The maximum absolute atomic E-state index is 15.8. The highest BCUT2D eigenvalue weighted by Crippen LogP contribution is 2.35. The monoisotopic (exact) mass is 813 g/mol. The minimum Gasteiger partial charge on any atom is -0.484 e. The largest absolute Gasteiger partial charge is 0.484 e. The number of hydrogen-bond acceptors (Lipinski definition) is 11. The Labute approximate surface area is 343 Å². The summed E-state index contributed by atoms with van der Waals surface area (Å²) in [6, 6.07) is 14.4. The van der Waals surface area contributed by atoms with Crippen LogP contribution in [0, 0.1) is 12.7 Å². The quantitative estimate of drug-likeness (QED) is 0.185. The minimum absolute atomic E-state index is 0.00947. The topological polar surface area (TPSA) is 158 Å². The van der Waals surface area contributed by atoms with Gasteiger partial charge in [0.05, 0.1) is 19.8 Å². The molecule has 15 heteroatoms. The van der Waals surface area contributed by atoms with Crippen LogP contribution in [-0.2, 0) is 30.3 Å². The van der Waals surface area contributed by atoms with Crippen LogP contribution in [0.25, 0.3) is 10.8 Å². The lowest BCUT2D eigenvalue weighted by atomic mass is 9.93. The van der Waals surface area contributed by atoms with Crippen molar-refractivity contribution in [3.05, 3.63) is 88.9 Å². The lowest BCUT2D eigenvalue weighted by Crippen LogP contribution is -2.44. The standard InChI is InChI=1S/C44H52FN5O9/c1-25-18-28-10-12-33(25)26(2)23-56-40(52)48-31-20-29(37(35(45)21-31)57-32-15-17-55-24-32)22-49(9)39(51)36(28)47-30-11-13-34-27(19-30)14-16-46-38(34)50(41(53)58-43(3,4)5)42(54)59-44(6,7)8/h10-14,16,18-21,26,32,36,47H,15,17,22-24H2,1-9H3,(H,48,52)/t26-,32-,36?/m0/s1. The molecule has 4 amide bonds. The Morgan fingerprint density at radius 2 is 1.68 bits per heavy atom. The van der Waals surface area contributed by atoms with E-state index in [4.69, 9.17) is 23.7 Å². The van der Waals surface area contributed by atoms with Crippen LogP contribution in [0.5, 0.6) is 5.75 Å². The average Bonchev–Trinajstić information content (AvgIpc) is 3.65. The van der Waals surface area contributed by atoms with Crippen LogP contribution in [0.3, 0.4) is 0 Å². The summed E-state index contributed by atoms with van der Waals surface area (Å²) >= 11 is 0. The Morgan fingerprint density at radius 3 is 2.32 bits per heavy atom. The van der Waals surface area contributed by atoms with Crippen LogP contribution in [0.2, 0.25) is 0 Å². The van der Waals surface area contributed by atoms with Crippen LogP contribution in [0.15, 0.2) is 60.8 Å². The van der Waals surface area contributed by atoms with Crippen LogP contribution >= 0.6 is 0 Å². The Hall–Kier alpha value is -5.96. The minimum atomic E-state index is -0.953. The van der Waals surface area contributed by atoms with Gasteiger partial charge in [0.15, 0.2) is 17.4 Å². The number of hydrogen-bond donors (Lipinski definition) is 2. The fourth-order valence-corrected chi connectivity index (χ4v) is 6.92. The Balaban J connectivity index is 1.39. The van der Waals surface area contributed by atoms with E-state index in [0.29, 0.717) is 47.2 Å². The van der Waals surface area contributed by atoms with Crippen molar-refractivity contribution in [2.24, 2.45) is 0 Å². The number of carbonyl (C=O) groups is 4. The second-order valence-electron chi connectivity index (χ2n) is 16.9. The molecule has 0 spiro atoms. The molecule has 4 aromatic rings. The summed E-state index contributed by atoms with van der Waals surface area (Å²) in [5.74, 6) is -1.28. The summed E-state index contributed by atoms with van der Waals surface area (Å²) in [5, 5.41) is 7.08. The molecular weight excluding hydrogens is 762 g/mol. The molecule has 1 unspecified atom stereocenters. The van der Waals surface area contributed by atoms with Gasteiger partial charge in [-0.25, -0.2) is 23.8 Å². The van der Waals surface area contributed by atoms with E-state index in [1.165, 1.54) is 11.1 Å². The number of benzene rings is 3. The van der Waals surface area contributed by atoms with E-state index in [1.54, 1.807) is 78.9 Å². The highest BCUT2D eigenvalue weighted by Gasteiger charge is 2.35. The normalized spacial score (nSPS) is 18.9. The molecule has 2 N–H and O–H groups in total. The van der Waals surface area contributed by atoms with Crippen molar-refractivity contribution in [2.75, 3.05) is 42.4 Å². The number of likely N-dealkylation sites (N-methyl/N-ethyl adjacent to an activating group) is 1. The van der Waals surface area contributed by atoms with Crippen molar-refractivity contribution >= 4 is 52.2 Å². The summed E-state index contributed by atoms with van der Waals surface area (Å²) in [5.41, 5.74) is 1.64. The Bertz CT molecular complexity index is 2220. The first-order valence-corrected chi connectivity index (χ1v) is 19.5. The number of anilines is 3. The number of amides is 4. The average molecular weight is 814 g/mol. The molecule has 3 aromatic carbocycles. The van der Waals surface area contributed by atoms with Crippen molar-refractivity contribution in [2.45, 2.75) is 97.6 Å². The summed E-state index contributed by atoms with van der Waals surface area (Å²) < 4.78 is 44.1. The number of nitrogens with one attached hydrogen (secondary N) is 2. The molecule has 3 atom stereocenters. The number of pyridine rings is 1. The molecule has 1 fully saturated rings. The maximum atomic E-state index is 15.8. The summed E-state index contributed by atoms with van der Waals surface area (Å²) in [7, 11) is 1.61. The number of carbonyl (C=O) groups excluding carboxylic acids is 4. The molecule has 0 radical (unpaired) electrons. The summed E-state index contributed by atoms with van der Waals surface area (Å²) in [6.45, 7) is 14.8.